The SMILES string of the molecule is Sc1ccccc1-c1ncccc1S. The van der Waals surface area contributed by atoms with E-state index in [4.69, 9.17) is 0 Å². The summed E-state index contributed by atoms with van der Waals surface area (Å²) < 4.78 is 0. The summed E-state index contributed by atoms with van der Waals surface area (Å²) in [6.45, 7) is 0. The largest absolute Gasteiger partial charge is 0.255 e. The molecule has 0 atom stereocenters. The number of thiol groups is 2. The first-order valence-electron chi connectivity index (χ1n) is 4.21. The van der Waals surface area contributed by atoms with Crippen LogP contribution in [0.2, 0.25) is 0 Å². The molecule has 0 spiro atoms. The molecule has 0 saturated heterocycles. The molecule has 0 bridgehead atoms. The van der Waals surface area contributed by atoms with E-state index >= 15 is 0 Å². The predicted octanol–water partition coefficient (Wildman–Crippen LogP) is 3.33. The van der Waals surface area contributed by atoms with Crippen LogP contribution in [-0.4, -0.2) is 4.98 Å². The van der Waals surface area contributed by atoms with Crippen LogP contribution in [0.25, 0.3) is 11.3 Å². The average Bonchev–Trinajstić information content (AvgIpc) is 2.20. The zero-order valence-corrected chi connectivity index (χ0v) is 9.17. The molecule has 2 rings (SSSR count). The summed E-state index contributed by atoms with van der Waals surface area (Å²) in [4.78, 5) is 6.07. The Bertz CT molecular complexity index is 411. The lowest BCUT2D eigenvalue weighted by molar-refractivity contribution is 1.22. The summed E-state index contributed by atoms with van der Waals surface area (Å²) >= 11 is 8.74. The molecule has 0 saturated carbocycles. The number of benzene rings is 1. The number of nitrogens with zero attached hydrogens (tertiary/aromatic N) is 1. The Labute approximate surface area is 94.0 Å². The van der Waals surface area contributed by atoms with Crippen LogP contribution in [0.4, 0.5) is 0 Å². The van der Waals surface area contributed by atoms with Gasteiger partial charge >= 0.3 is 0 Å². The molecule has 1 aromatic heterocycles. The first kappa shape index (κ1) is 9.62. The van der Waals surface area contributed by atoms with E-state index in [0.29, 0.717) is 0 Å². The van der Waals surface area contributed by atoms with Gasteiger partial charge in [-0.25, -0.2) is 0 Å². The lowest BCUT2D eigenvalue weighted by Crippen LogP contribution is -1.85. The summed E-state index contributed by atoms with van der Waals surface area (Å²) in [5.74, 6) is 0. The summed E-state index contributed by atoms with van der Waals surface area (Å²) in [6.07, 6.45) is 1.76. The summed E-state index contributed by atoms with van der Waals surface area (Å²) in [7, 11) is 0. The first-order valence-corrected chi connectivity index (χ1v) is 5.11. The van der Waals surface area contributed by atoms with Crippen molar-refractivity contribution in [2.45, 2.75) is 9.79 Å². The van der Waals surface area contributed by atoms with E-state index in [1.165, 1.54) is 0 Å². The number of hydrogen-bond acceptors (Lipinski definition) is 3. The second-order valence-corrected chi connectivity index (χ2v) is 3.85. The molecule has 1 nitrogen and oxygen atoms in total. The fourth-order valence-electron chi connectivity index (χ4n) is 1.28. The summed E-state index contributed by atoms with van der Waals surface area (Å²) in [5.41, 5.74) is 1.89. The van der Waals surface area contributed by atoms with Gasteiger partial charge in [0.25, 0.3) is 0 Å². The van der Waals surface area contributed by atoms with E-state index in [2.05, 4.69) is 30.2 Å². The maximum atomic E-state index is 4.38. The Morgan fingerprint density at radius 1 is 0.857 bits per heavy atom. The highest BCUT2D eigenvalue weighted by atomic mass is 32.1. The molecule has 0 aliphatic carbocycles. The first-order chi connectivity index (χ1) is 6.79. The third kappa shape index (κ3) is 1.79. The minimum absolute atomic E-state index is 0.869. The Kier molecular flexibility index (Phi) is 2.79. The van der Waals surface area contributed by atoms with Crippen molar-refractivity contribution in [3.63, 3.8) is 0 Å². The van der Waals surface area contributed by atoms with E-state index in [-0.39, 0.29) is 0 Å². The summed E-state index contributed by atoms with van der Waals surface area (Å²) in [5, 5.41) is 0. The monoisotopic (exact) mass is 219 g/mol. The van der Waals surface area contributed by atoms with Crippen molar-refractivity contribution in [3.8, 4) is 11.3 Å². The van der Waals surface area contributed by atoms with E-state index in [9.17, 15) is 0 Å². The van der Waals surface area contributed by atoms with Gasteiger partial charge in [0.05, 0.1) is 5.69 Å². The van der Waals surface area contributed by atoms with Crippen LogP contribution in [0, 0.1) is 0 Å². The molecule has 2 aromatic rings. The highest BCUT2D eigenvalue weighted by molar-refractivity contribution is 7.80. The Hall–Kier alpha value is -0.930. The van der Waals surface area contributed by atoms with Gasteiger partial charge < -0.3 is 0 Å². The predicted molar refractivity (Wildman–Crippen MR) is 64.2 cm³/mol. The number of pyridine rings is 1. The van der Waals surface area contributed by atoms with Gasteiger partial charge in [-0.15, -0.1) is 25.3 Å². The van der Waals surface area contributed by atoms with Crippen LogP contribution >= 0.6 is 25.3 Å². The zero-order valence-electron chi connectivity index (χ0n) is 7.38. The van der Waals surface area contributed by atoms with Crippen molar-refractivity contribution >= 4 is 25.3 Å². The van der Waals surface area contributed by atoms with Crippen LogP contribution in [0.5, 0.6) is 0 Å². The molecule has 1 heterocycles. The zero-order chi connectivity index (χ0) is 9.97. The smallest absolute Gasteiger partial charge is 0.0846 e. The van der Waals surface area contributed by atoms with E-state index in [1.807, 2.05) is 36.4 Å². The third-order valence-corrected chi connectivity index (χ3v) is 2.70. The van der Waals surface area contributed by atoms with Gasteiger partial charge in [-0.05, 0) is 18.2 Å². The Morgan fingerprint density at radius 3 is 2.29 bits per heavy atom. The van der Waals surface area contributed by atoms with Gasteiger partial charge in [-0.1, -0.05) is 18.2 Å². The van der Waals surface area contributed by atoms with Crippen LogP contribution in [0.1, 0.15) is 0 Å². The minimum Gasteiger partial charge on any atom is -0.255 e. The Morgan fingerprint density at radius 2 is 1.57 bits per heavy atom. The van der Waals surface area contributed by atoms with Crippen molar-refractivity contribution in [2.24, 2.45) is 0 Å². The lowest BCUT2D eigenvalue weighted by atomic mass is 10.1. The third-order valence-electron chi connectivity index (χ3n) is 1.95. The van der Waals surface area contributed by atoms with Crippen molar-refractivity contribution in [2.75, 3.05) is 0 Å². The van der Waals surface area contributed by atoms with Crippen molar-refractivity contribution in [1.82, 2.24) is 4.98 Å². The van der Waals surface area contributed by atoms with Crippen molar-refractivity contribution < 1.29 is 0 Å². The fourth-order valence-corrected chi connectivity index (χ4v) is 1.81. The molecule has 3 heteroatoms. The standard InChI is InChI=1S/C11H9NS2/c13-9-5-2-1-4-8(9)11-10(14)6-3-7-12-11/h1-7,13-14H. The maximum absolute atomic E-state index is 4.38. The lowest BCUT2D eigenvalue weighted by Gasteiger charge is -2.05. The molecule has 0 aliphatic heterocycles. The summed E-state index contributed by atoms with van der Waals surface area (Å²) in [6, 6.07) is 11.6. The van der Waals surface area contributed by atoms with E-state index in [1.54, 1.807) is 6.20 Å². The fraction of sp³-hybridized carbons (Fsp3) is 0. The normalized spacial score (nSPS) is 10.1. The molecule has 0 aliphatic rings. The molecule has 0 N–H and O–H groups in total. The van der Waals surface area contributed by atoms with Crippen molar-refractivity contribution in [1.29, 1.82) is 0 Å². The molecule has 0 radical (unpaired) electrons. The molecular formula is C11H9NS2. The molecule has 0 amide bonds. The quantitative estimate of drug-likeness (QED) is 0.702. The van der Waals surface area contributed by atoms with Gasteiger partial charge in [-0.3, -0.25) is 4.98 Å². The number of rotatable bonds is 1. The minimum atomic E-state index is 0.869. The van der Waals surface area contributed by atoms with E-state index < -0.39 is 0 Å². The van der Waals surface area contributed by atoms with Gasteiger partial charge in [-0.2, -0.15) is 0 Å². The second-order valence-electron chi connectivity index (χ2n) is 2.89. The Balaban J connectivity index is 2.61. The molecule has 0 fully saturated rings. The highest BCUT2D eigenvalue weighted by Gasteiger charge is 2.05. The molecular weight excluding hydrogens is 210 g/mol. The van der Waals surface area contributed by atoms with Crippen LogP contribution in [0.15, 0.2) is 52.4 Å². The molecule has 1 aromatic carbocycles. The van der Waals surface area contributed by atoms with Crippen molar-refractivity contribution in [3.05, 3.63) is 42.6 Å². The van der Waals surface area contributed by atoms with Gasteiger partial charge in [0.2, 0.25) is 0 Å². The maximum Gasteiger partial charge on any atom is 0.0846 e. The molecule has 0 unspecified atom stereocenters. The second kappa shape index (κ2) is 4.07. The highest BCUT2D eigenvalue weighted by Crippen LogP contribution is 2.28. The average molecular weight is 219 g/mol. The van der Waals surface area contributed by atoms with Gasteiger partial charge in [0.1, 0.15) is 0 Å². The molecule has 70 valence electrons. The van der Waals surface area contributed by atoms with E-state index in [0.717, 1.165) is 21.0 Å². The number of aromatic nitrogens is 1. The van der Waals surface area contributed by atoms with Crippen LogP contribution in [0.3, 0.4) is 0 Å². The topological polar surface area (TPSA) is 12.9 Å². The number of hydrogen-bond donors (Lipinski definition) is 2. The molecule has 14 heavy (non-hydrogen) atoms. The van der Waals surface area contributed by atoms with Gasteiger partial charge in [0, 0.05) is 21.6 Å². The van der Waals surface area contributed by atoms with Crippen LogP contribution in [-0.2, 0) is 0 Å². The van der Waals surface area contributed by atoms with Gasteiger partial charge in [0.15, 0.2) is 0 Å². The van der Waals surface area contributed by atoms with Crippen LogP contribution < -0.4 is 0 Å².